The fourth-order valence-electron chi connectivity index (χ4n) is 1.87. The molecule has 3 rings (SSSR count). The summed E-state index contributed by atoms with van der Waals surface area (Å²) in [4.78, 5) is 18.8. The predicted molar refractivity (Wildman–Crippen MR) is 79.3 cm³/mol. The molecule has 0 atom stereocenters. The minimum Gasteiger partial charge on any atom is -0.439 e. The average Bonchev–Trinajstić information content (AvgIpc) is 3.21. The van der Waals surface area contributed by atoms with Crippen molar-refractivity contribution in [3.8, 4) is 11.6 Å². The normalized spacial score (nSPS) is 14.0. The number of halogens is 1. The van der Waals surface area contributed by atoms with Gasteiger partial charge in [0, 0.05) is 22.5 Å². The van der Waals surface area contributed by atoms with Gasteiger partial charge in [-0.2, -0.15) is 4.98 Å². The molecule has 0 saturated heterocycles. The highest BCUT2D eigenvalue weighted by Crippen LogP contribution is 2.39. The number of hydrogen-bond donors (Lipinski definition) is 1. The van der Waals surface area contributed by atoms with Crippen LogP contribution >= 0.6 is 15.9 Å². The number of aromatic nitrogens is 2. The molecule has 1 aliphatic carbocycles. The van der Waals surface area contributed by atoms with Crippen LogP contribution in [0.25, 0.3) is 0 Å². The van der Waals surface area contributed by atoms with Crippen molar-refractivity contribution >= 4 is 27.4 Å². The van der Waals surface area contributed by atoms with Crippen molar-refractivity contribution < 1.29 is 9.66 Å². The first-order valence-electron chi connectivity index (χ1n) is 6.28. The number of non-ortho nitro benzene ring substituents is 1. The molecule has 1 saturated carbocycles. The number of nitrogens with two attached hydrogens (primary N) is 1. The third-order valence-electron chi connectivity index (χ3n) is 2.97. The molecule has 8 heteroatoms. The first-order chi connectivity index (χ1) is 10.0. The zero-order valence-electron chi connectivity index (χ0n) is 10.8. The van der Waals surface area contributed by atoms with Crippen LogP contribution in [-0.4, -0.2) is 14.9 Å². The number of benzene rings is 1. The van der Waals surface area contributed by atoms with E-state index < -0.39 is 4.92 Å². The number of anilines is 1. The van der Waals surface area contributed by atoms with E-state index in [1.165, 1.54) is 18.2 Å². The number of nitro benzene ring substituents is 1. The smallest absolute Gasteiger partial charge is 0.274 e. The lowest BCUT2D eigenvalue weighted by Crippen LogP contribution is -2.00. The van der Waals surface area contributed by atoms with E-state index in [0.717, 1.165) is 12.8 Å². The number of nitrogen functional groups attached to an aromatic ring is 1. The Bertz CT molecular complexity index is 719. The first-order valence-corrected chi connectivity index (χ1v) is 7.08. The molecule has 0 spiro atoms. The van der Waals surface area contributed by atoms with Crippen LogP contribution in [0, 0.1) is 10.1 Å². The average molecular weight is 351 g/mol. The summed E-state index contributed by atoms with van der Waals surface area (Å²) in [6, 6.07) is 5.86. The summed E-state index contributed by atoms with van der Waals surface area (Å²) < 4.78 is 6.14. The van der Waals surface area contributed by atoms with Crippen LogP contribution in [0.4, 0.5) is 11.5 Å². The monoisotopic (exact) mass is 350 g/mol. The van der Waals surface area contributed by atoms with Crippen LogP contribution in [-0.2, 0) is 0 Å². The van der Waals surface area contributed by atoms with Crippen molar-refractivity contribution in [2.75, 3.05) is 5.73 Å². The second-order valence-corrected chi connectivity index (χ2v) is 5.68. The summed E-state index contributed by atoms with van der Waals surface area (Å²) >= 11 is 3.21. The van der Waals surface area contributed by atoms with E-state index >= 15 is 0 Å². The molecule has 0 amide bonds. The Morgan fingerprint density at radius 1 is 1.29 bits per heavy atom. The summed E-state index contributed by atoms with van der Waals surface area (Å²) in [6.45, 7) is 0. The van der Waals surface area contributed by atoms with Gasteiger partial charge in [0.2, 0.25) is 5.88 Å². The molecular formula is C13H11BrN4O3. The van der Waals surface area contributed by atoms with Gasteiger partial charge in [0.1, 0.15) is 17.4 Å². The van der Waals surface area contributed by atoms with Gasteiger partial charge in [0.25, 0.3) is 5.69 Å². The number of rotatable bonds is 4. The Hall–Kier alpha value is -2.22. The van der Waals surface area contributed by atoms with Crippen LogP contribution in [0.5, 0.6) is 11.6 Å². The Labute approximate surface area is 128 Å². The SMILES string of the molecule is Nc1cc(Oc2cc(Br)cc([N+](=O)[O-])c2)nc(C2CC2)n1. The van der Waals surface area contributed by atoms with Gasteiger partial charge in [-0.05, 0) is 18.9 Å². The van der Waals surface area contributed by atoms with Gasteiger partial charge in [-0.25, -0.2) is 4.98 Å². The molecule has 1 aromatic heterocycles. The van der Waals surface area contributed by atoms with Gasteiger partial charge in [-0.1, -0.05) is 15.9 Å². The van der Waals surface area contributed by atoms with Crippen molar-refractivity contribution in [1.82, 2.24) is 9.97 Å². The maximum atomic E-state index is 10.8. The number of nitro groups is 1. The minimum absolute atomic E-state index is 0.0659. The van der Waals surface area contributed by atoms with E-state index in [0.29, 0.717) is 27.8 Å². The molecule has 2 N–H and O–H groups in total. The molecular weight excluding hydrogens is 340 g/mol. The number of hydrogen-bond acceptors (Lipinski definition) is 6. The topological polar surface area (TPSA) is 104 Å². The quantitative estimate of drug-likeness (QED) is 0.669. The maximum absolute atomic E-state index is 10.8. The molecule has 7 nitrogen and oxygen atoms in total. The van der Waals surface area contributed by atoms with Crippen molar-refractivity contribution in [1.29, 1.82) is 0 Å². The third-order valence-corrected chi connectivity index (χ3v) is 3.43. The van der Waals surface area contributed by atoms with E-state index in [1.54, 1.807) is 6.07 Å². The molecule has 1 aromatic carbocycles. The van der Waals surface area contributed by atoms with Gasteiger partial charge < -0.3 is 10.5 Å². The van der Waals surface area contributed by atoms with Gasteiger partial charge in [-0.3, -0.25) is 10.1 Å². The summed E-state index contributed by atoms with van der Waals surface area (Å²) in [7, 11) is 0. The summed E-state index contributed by atoms with van der Waals surface area (Å²) in [5.74, 6) is 1.93. The van der Waals surface area contributed by atoms with E-state index in [2.05, 4.69) is 25.9 Å². The Morgan fingerprint density at radius 3 is 2.71 bits per heavy atom. The third kappa shape index (κ3) is 3.27. The van der Waals surface area contributed by atoms with E-state index in [-0.39, 0.29) is 11.6 Å². The van der Waals surface area contributed by atoms with Crippen LogP contribution < -0.4 is 10.5 Å². The molecule has 108 valence electrons. The molecule has 1 fully saturated rings. The first kappa shape index (κ1) is 13.7. The highest BCUT2D eigenvalue weighted by molar-refractivity contribution is 9.10. The highest BCUT2D eigenvalue weighted by Gasteiger charge is 2.27. The van der Waals surface area contributed by atoms with Gasteiger partial charge >= 0.3 is 0 Å². The van der Waals surface area contributed by atoms with Crippen molar-refractivity contribution in [3.63, 3.8) is 0 Å². The van der Waals surface area contributed by atoms with E-state index in [1.807, 2.05) is 0 Å². The molecule has 21 heavy (non-hydrogen) atoms. The van der Waals surface area contributed by atoms with Gasteiger partial charge in [0.05, 0.1) is 11.0 Å². The summed E-state index contributed by atoms with van der Waals surface area (Å²) in [5.41, 5.74) is 5.67. The van der Waals surface area contributed by atoms with Crippen LogP contribution in [0.2, 0.25) is 0 Å². The lowest BCUT2D eigenvalue weighted by atomic mass is 10.3. The summed E-state index contributed by atoms with van der Waals surface area (Å²) in [5, 5.41) is 10.8. The fraction of sp³-hybridized carbons (Fsp3) is 0.231. The Morgan fingerprint density at radius 2 is 2.05 bits per heavy atom. The van der Waals surface area contributed by atoms with Crippen LogP contribution in [0.3, 0.4) is 0 Å². The zero-order valence-corrected chi connectivity index (χ0v) is 12.4. The second kappa shape index (κ2) is 5.28. The van der Waals surface area contributed by atoms with Gasteiger partial charge in [0.15, 0.2) is 0 Å². The lowest BCUT2D eigenvalue weighted by molar-refractivity contribution is -0.385. The lowest BCUT2D eigenvalue weighted by Gasteiger charge is -2.07. The Balaban J connectivity index is 1.91. The Kier molecular flexibility index (Phi) is 3.46. The molecule has 0 aliphatic heterocycles. The molecule has 0 radical (unpaired) electrons. The predicted octanol–water partition coefficient (Wildman–Crippen LogP) is 3.40. The van der Waals surface area contributed by atoms with E-state index in [9.17, 15) is 10.1 Å². The number of ether oxygens (including phenoxy) is 1. The van der Waals surface area contributed by atoms with Gasteiger partial charge in [-0.15, -0.1) is 0 Å². The number of nitrogens with zero attached hydrogens (tertiary/aromatic N) is 3. The van der Waals surface area contributed by atoms with E-state index in [4.69, 9.17) is 10.5 Å². The molecule has 0 unspecified atom stereocenters. The molecule has 0 bridgehead atoms. The van der Waals surface area contributed by atoms with Crippen LogP contribution in [0.15, 0.2) is 28.7 Å². The van der Waals surface area contributed by atoms with Crippen LogP contribution in [0.1, 0.15) is 24.6 Å². The van der Waals surface area contributed by atoms with Crippen molar-refractivity contribution in [2.45, 2.75) is 18.8 Å². The fourth-order valence-corrected chi connectivity index (χ4v) is 2.33. The standard InChI is InChI=1S/C13H11BrN4O3/c14-8-3-9(18(19)20)5-10(4-8)21-12-6-11(15)16-13(17-12)7-1-2-7/h3-7H,1-2H2,(H2,15,16,17). The summed E-state index contributed by atoms with van der Waals surface area (Å²) in [6.07, 6.45) is 2.09. The maximum Gasteiger partial charge on any atom is 0.274 e. The molecule has 2 aromatic rings. The van der Waals surface area contributed by atoms with Crippen molar-refractivity contribution in [3.05, 3.63) is 44.7 Å². The zero-order chi connectivity index (χ0) is 15.0. The molecule has 1 heterocycles. The second-order valence-electron chi connectivity index (χ2n) is 4.77. The highest BCUT2D eigenvalue weighted by atomic mass is 79.9. The largest absolute Gasteiger partial charge is 0.439 e. The minimum atomic E-state index is -0.485. The van der Waals surface area contributed by atoms with Crippen molar-refractivity contribution in [2.24, 2.45) is 0 Å². The molecule has 1 aliphatic rings.